The number of ether oxygens (including phenoxy) is 2. The number of hydrogen-bond acceptors (Lipinski definition) is 8. The predicted molar refractivity (Wildman–Crippen MR) is 136 cm³/mol. The number of carbonyl (C=O) groups excluding carboxylic acids is 1. The van der Waals surface area contributed by atoms with E-state index in [1.54, 1.807) is 55.6 Å². The van der Waals surface area contributed by atoms with Gasteiger partial charge in [0.05, 0.1) is 25.2 Å². The van der Waals surface area contributed by atoms with Crippen LogP contribution in [0.3, 0.4) is 0 Å². The first-order valence-electron chi connectivity index (χ1n) is 10.6. The Bertz CT molecular complexity index is 1340. The number of aromatic hydroxyl groups is 1. The molecule has 0 bridgehead atoms. The van der Waals surface area contributed by atoms with Gasteiger partial charge in [0, 0.05) is 19.8 Å². The lowest BCUT2D eigenvalue weighted by Gasteiger charge is -2.13. The highest BCUT2D eigenvalue weighted by atomic mass is 32.2. The summed E-state index contributed by atoms with van der Waals surface area (Å²) in [6.07, 6.45) is 0. The van der Waals surface area contributed by atoms with E-state index < -0.39 is 17.1 Å². The van der Waals surface area contributed by atoms with Crippen molar-refractivity contribution in [3.05, 3.63) is 74.9 Å². The number of aliphatic imine (C=N–C) groups is 1. The zero-order valence-electron chi connectivity index (χ0n) is 19.8. The fraction of sp³-hybridized carbons (Fsp3) is 0.250. The van der Waals surface area contributed by atoms with Gasteiger partial charge in [-0.05, 0) is 55.5 Å². The number of anilines is 1. The lowest BCUT2D eigenvalue weighted by atomic mass is 10.3. The highest BCUT2D eigenvalue weighted by molar-refractivity contribution is 8.15. The summed E-state index contributed by atoms with van der Waals surface area (Å²) in [7, 11) is 4.20. The standard InChI is InChI=1S/C24H26N4O6S/c1-5-34-18-12-8-16(9-13-18)26-21(20-22(30)27(2)24(32)28(3)23(20)31)35-14-19(29)25-15-6-10-17(33-4)11-7-15/h6-13,30H,5,14H2,1-4H3,(H,25,29). The largest absolute Gasteiger partial charge is 0.497 e. The highest BCUT2D eigenvalue weighted by Crippen LogP contribution is 2.25. The average molecular weight is 499 g/mol. The molecule has 0 aliphatic heterocycles. The summed E-state index contributed by atoms with van der Waals surface area (Å²) in [5.74, 6) is 0.322. The third-order valence-electron chi connectivity index (χ3n) is 4.94. The summed E-state index contributed by atoms with van der Waals surface area (Å²) in [4.78, 5) is 42.2. The van der Waals surface area contributed by atoms with E-state index >= 15 is 0 Å². The van der Waals surface area contributed by atoms with E-state index in [1.165, 1.54) is 14.1 Å². The Kier molecular flexibility index (Phi) is 8.37. The number of amides is 1. The Morgan fingerprint density at radius 2 is 1.66 bits per heavy atom. The molecule has 10 nitrogen and oxygen atoms in total. The van der Waals surface area contributed by atoms with Crippen molar-refractivity contribution in [2.75, 3.05) is 24.8 Å². The van der Waals surface area contributed by atoms with E-state index in [0.29, 0.717) is 29.5 Å². The minimum absolute atomic E-state index is 0.0905. The monoisotopic (exact) mass is 498 g/mol. The maximum Gasteiger partial charge on any atom is 0.333 e. The molecular weight excluding hydrogens is 472 g/mol. The van der Waals surface area contributed by atoms with Gasteiger partial charge in [-0.3, -0.25) is 18.7 Å². The van der Waals surface area contributed by atoms with Crippen molar-refractivity contribution in [3.63, 3.8) is 0 Å². The Labute approximate surface area is 205 Å². The fourth-order valence-corrected chi connectivity index (χ4v) is 3.92. The van der Waals surface area contributed by atoms with E-state index in [9.17, 15) is 19.5 Å². The van der Waals surface area contributed by atoms with Crippen LogP contribution in [-0.2, 0) is 18.9 Å². The van der Waals surface area contributed by atoms with Gasteiger partial charge in [0.25, 0.3) is 5.56 Å². The maximum atomic E-state index is 12.9. The van der Waals surface area contributed by atoms with E-state index in [4.69, 9.17) is 9.47 Å². The number of aromatic nitrogens is 2. The van der Waals surface area contributed by atoms with E-state index in [0.717, 1.165) is 20.9 Å². The van der Waals surface area contributed by atoms with Gasteiger partial charge in [0.1, 0.15) is 22.1 Å². The Balaban J connectivity index is 1.93. The first-order chi connectivity index (χ1) is 16.7. The number of nitrogens with one attached hydrogen (secondary N) is 1. The van der Waals surface area contributed by atoms with Gasteiger partial charge in [-0.2, -0.15) is 0 Å². The second kappa shape index (κ2) is 11.4. The first-order valence-corrected chi connectivity index (χ1v) is 11.6. The molecule has 3 aromatic rings. The summed E-state index contributed by atoms with van der Waals surface area (Å²) < 4.78 is 12.4. The zero-order chi connectivity index (χ0) is 25.5. The number of carbonyl (C=O) groups is 1. The topological polar surface area (TPSA) is 124 Å². The van der Waals surface area contributed by atoms with Crippen LogP contribution >= 0.6 is 11.8 Å². The molecule has 0 radical (unpaired) electrons. The third-order valence-corrected chi connectivity index (χ3v) is 5.92. The van der Waals surface area contributed by atoms with Crippen LogP contribution < -0.4 is 26.0 Å². The predicted octanol–water partition coefficient (Wildman–Crippen LogP) is 2.65. The molecule has 35 heavy (non-hydrogen) atoms. The summed E-state index contributed by atoms with van der Waals surface area (Å²) >= 11 is 0.964. The van der Waals surface area contributed by atoms with Crippen LogP contribution in [0.25, 0.3) is 0 Å². The van der Waals surface area contributed by atoms with Gasteiger partial charge in [0.15, 0.2) is 0 Å². The van der Waals surface area contributed by atoms with Crippen molar-refractivity contribution in [1.82, 2.24) is 9.13 Å². The Hall–Kier alpha value is -3.99. The molecule has 0 atom stereocenters. The lowest BCUT2D eigenvalue weighted by molar-refractivity contribution is -0.113. The third kappa shape index (κ3) is 6.12. The molecule has 11 heteroatoms. The average Bonchev–Trinajstić information content (AvgIpc) is 2.86. The normalized spacial score (nSPS) is 11.3. The quantitative estimate of drug-likeness (QED) is 0.361. The van der Waals surface area contributed by atoms with Crippen LogP contribution in [-0.4, -0.2) is 44.7 Å². The van der Waals surface area contributed by atoms with Crippen molar-refractivity contribution >= 4 is 34.1 Å². The molecule has 1 heterocycles. The van der Waals surface area contributed by atoms with Crippen molar-refractivity contribution in [2.45, 2.75) is 6.92 Å². The number of hydrogen-bond donors (Lipinski definition) is 2. The fourth-order valence-electron chi connectivity index (χ4n) is 3.09. The Morgan fingerprint density at radius 3 is 2.26 bits per heavy atom. The molecule has 3 rings (SSSR count). The number of thioether (sulfide) groups is 1. The van der Waals surface area contributed by atoms with E-state index in [1.807, 2.05) is 6.92 Å². The highest BCUT2D eigenvalue weighted by Gasteiger charge is 2.22. The van der Waals surface area contributed by atoms with E-state index in [-0.39, 0.29) is 22.3 Å². The number of methoxy groups -OCH3 is 1. The smallest absolute Gasteiger partial charge is 0.333 e. The van der Waals surface area contributed by atoms with Gasteiger partial charge in [-0.1, -0.05) is 11.8 Å². The molecule has 0 fully saturated rings. The van der Waals surface area contributed by atoms with Crippen LogP contribution in [0, 0.1) is 0 Å². The second-order valence-corrected chi connectivity index (χ2v) is 8.28. The Morgan fingerprint density at radius 1 is 1.03 bits per heavy atom. The van der Waals surface area contributed by atoms with Gasteiger partial charge < -0.3 is 19.9 Å². The number of benzene rings is 2. The van der Waals surface area contributed by atoms with Crippen LogP contribution in [0.15, 0.2) is 63.1 Å². The molecule has 2 N–H and O–H groups in total. The van der Waals surface area contributed by atoms with Gasteiger partial charge >= 0.3 is 5.69 Å². The van der Waals surface area contributed by atoms with Crippen molar-refractivity contribution in [3.8, 4) is 17.4 Å². The minimum atomic E-state index is -0.724. The number of nitrogens with zero attached hydrogens (tertiary/aromatic N) is 3. The van der Waals surface area contributed by atoms with Crippen LogP contribution in [0.5, 0.6) is 17.4 Å². The second-order valence-electron chi connectivity index (χ2n) is 7.31. The molecule has 0 spiro atoms. The molecule has 0 saturated carbocycles. The van der Waals surface area contributed by atoms with Crippen molar-refractivity contribution < 1.29 is 19.4 Å². The maximum absolute atomic E-state index is 12.9. The molecule has 1 aromatic heterocycles. The van der Waals surface area contributed by atoms with E-state index in [2.05, 4.69) is 10.3 Å². The first kappa shape index (κ1) is 25.6. The van der Waals surface area contributed by atoms with Crippen molar-refractivity contribution in [2.24, 2.45) is 19.1 Å². The van der Waals surface area contributed by atoms with Gasteiger partial charge in [-0.15, -0.1) is 0 Å². The molecule has 0 unspecified atom stereocenters. The van der Waals surface area contributed by atoms with Crippen LogP contribution in [0.4, 0.5) is 11.4 Å². The van der Waals surface area contributed by atoms with Crippen molar-refractivity contribution in [1.29, 1.82) is 0 Å². The van der Waals surface area contributed by atoms with Gasteiger partial charge in [0.2, 0.25) is 11.8 Å². The zero-order valence-corrected chi connectivity index (χ0v) is 20.6. The molecule has 0 saturated heterocycles. The van der Waals surface area contributed by atoms with Crippen LogP contribution in [0.2, 0.25) is 0 Å². The van der Waals surface area contributed by atoms with Crippen LogP contribution in [0.1, 0.15) is 12.5 Å². The summed E-state index contributed by atoms with van der Waals surface area (Å²) in [5.41, 5.74) is -0.535. The summed E-state index contributed by atoms with van der Waals surface area (Å²) in [6, 6.07) is 13.6. The summed E-state index contributed by atoms with van der Waals surface area (Å²) in [5, 5.41) is 13.5. The molecule has 0 aliphatic carbocycles. The molecule has 1 amide bonds. The summed E-state index contributed by atoms with van der Waals surface area (Å²) in [6.45, 7) is 2.38. The SMILES string of the molecule is CCOc1ccc(N=C(SCC(=O)Nc2ccc(OC)cc2)c2c(O)n(C)c(=O)n(C)c2=O)cc1. The molecule has 2 aromatic carbocycles. The minimum Gasteiger partial charge on any atom is -0.497 e. The number of rotatable bonds is 8. The lowest BCUT2D eigenvalue weighted by Crippen LogP contribution is -2.39. The molecule has 184 valence electrons. The molecular formula is C24H26N4O6S. The van der Waals surface area contributed by atoms with Gasteiger partial charge in [-0.25, -0.2) is 9.79 Å². The molecule has 0 aliphatic rings.